The first-order chi connectivity index (χ1) is 11.8. The molecule has 0 aliphatic rings. The first kappa shape index (κ1) is 17.6. The Labute approximate surface area is 147 Å². The topological polar surface area (TPSA) is 81.8 Å². The minimum Gasteiger partial charge on any atom is -0.331 e. The van der Waals surface area contributed by atoms with Crippen molar-refractivity contribution < 1.29 is 8.42 Å². The lowest BCUT2D eigenvalue weighted by atomic mass is 10.3. The van der Waals surface area contributed by atoms with Crippen LogP contribution in [-0.4, -0.2) is 34.3 Å². The fourth-order valence-electron chi connectivity index (χ4n) is 2.79. The van der Waals surface area contributed by atoms with Crippen LogP contribution < -0.4 is 4.72 Å². The zero-order valence-corrected chi connectivity index (χ0v) is 15.7. The minimum atomic E-state index is -3.59. The van der Waals surface area contributed by atoms with E-state index in [0.717, 1.165) is 16.9 Å². The van der Waals surface area contributed by atoms with Crippen LogP contribution in [0.5, 0.6) is 0 Å². The Morgan fingerprint density at radius 3 is 2.60 bits per heavy atom. The van der Waals surface area contributed by atoms with Gasteiger partial charge in [0, 0.05) is 32.3 Å². The molecule has 2 aromatic heterocycles. The summed E-state index contributed by atoms with van der Waals surface area (Å²) in [5, 5.41) is 4.27. The summed E-state index contributed by atoms with van der Waals surface area (Å²) < 4.78 is 31.4. The molecule has 0 spiro atoms. The molecule has 1 aromatic carbocycles. The quantitative estimate of drug-likeness (QED) is 0.729. The molecule has 0 bridgehead atoms. The number of imidazole rings is 1. The number of nitrogens with zero attached hydrogens (tertiary/aromatic N) is 4. The van der Waals surface area contributed by atoms with Crippen molar-refractivity contribution in [2.45, 2.75) is 38.1 Å². The van der Waals surface area contributed by atoms with Gasteiger partial charge in [-0.15, -0.1) is 0 Å². The smallest absolute Gasteiger partial charge is 0.243 e. The van der Waals surface area contributed by atoms with Gasteiger partial charge in [0.2, 0.25) is 10.0 Å². The van der Waals surface area contributed by atoms with Gasteiger partial charge in [0.1, 0.15) is 10.7 Å². The maximum atomic E-state index is 12.5. The number of benzene rings is 1. The molecule has 1 N–H and O–H groups in total. The molecule has 8 heteroatoms. The first-order valence-corrected chi connectivity index (χ1v) is 9.73. The van der Waals surface area contributed by atoms with E-state index in [4.69, 9.17) is 0 Å². The van der Waals surface area contributed by atoms with Crippen molar-refractivity contribution in [1.29, 1.82) is 0 Å². The predicted molar refractivity (Wildman–Crippen MR) is 97.0 cm³/mol. The minimum absolute atomic E-state index is 0.114. The van der Waals surface area contributed by atoms with Gasteiger partial charge in [-0.3, -0.25) is 4.68 Å². The first-order valence-electron chi connectivity index (χ1n) is 8.25. The van der Waals surface area contributed by atoms with Gasteiger partial charge in [-0.25, -0.2) is 18.1 Å². The lowest BCUT2D eigenvalue weighted by molar-refractivity contribution is 0.528. The molecule has 0 amide bonds. The summed E-state index contributed by atoms with van der Waals surface area (Å²) in [5.41, 5.74) is 2.45. The second kappa shape index (κ2) is 6.61. The fraction of sp³-hybridized carbons (Fsp3) is 0.412. The fourth-order valence-corrected chi connectivity index (χ4v) is 3.99. The van der Waals surface area contributed by atoms with Crippen molar-refractivity contribution in [1.82, 2.24) is 24.1 Å². The summed E-state index contributed by atoms with van der Waals surface area (Å²) in [6, 6.07) is 7.97. The molecule has 3 aromatic rings. The monoisotopic (exact) mass is 361 g/mol. The molecule has 3 rings (SSSR count). The van der Waals surface area contributed by atoms with Gasteiger partial charge in [-0.1, -0.05) is 12.1 Å². The van der Waals surface area contributed by atoms with Gasteiger partial charge in [-0.05, 0) is 32.9 Å². The Morgan fingerprint density at radius 2 is 1.96 bits per heavy atom. The van der Waals surface area contributed by atoms with Crippen LogP contribution in [0.15, 0.2) is 35.4 Å². The van der Waals surface area contributed by atoms with Crippen LogP contribution >= 0.6 is 0 Å². The summed E-state index contributed by atoms with van der Waals surface area (Å²) in [5.74, 6) is 0.846. The highest BCUT2D eigenvalue weighted by molar-refractivity contribution is 7.89. The number of hydrogen-bond donors (Lipinski definition) is 1. The largest absolute Gasteiger partial charge is 0.331 e. The predicted octanol–water partition coefficient (Wildman–Crippen LogP) is 2.18. The third kappa shape index (κ3) is 3.45. The number of sulfonamides is 1. The van der Waals surface area contributed by atoms with Gasteiger partial charge in [-0.2, -0.15) is 5.10 Å². The second-order valence-corrected chi connectivity index (χ2v) is 8.11. The number of rotatable bonds is 6. The Bertz CT molecular complexity index is 1000. The van der Waals surface area contributed by atoms with Crippen molar-refractivity contribution in [3.63, 3.8) is 0 Å². The molecule has 2 heterocycles. The zero-order chi connectivity index (χ0) is 18.2. The molecule has 25 heavy (non-hydrogen) atoms. The van der Waals surface area contributed by atoms with Crippen LogP contribution in [0.25, 0.3) is 11.0 Å². The van der Waals surface area contributed by atoms with E-state index in [1.54, 1.807) is 17.8 Å². The van der Waals surface area contributed by atoms with E-state index in [-0.39, 0.29) is 17.5 Å². The van der Waals surface area contributed by atoms with Crippen LogP contribution in [0.1, 0.15) is 31.4 Å². The SMILES string of the molecule is Cc1nn(C(C)C)cc1S(=O)(=O)NCCc1nc2ccccc2n1C. The second-order valence-electron chi connectivity index (χ2n) is 6.38. The molecule has 134 valence electrons. The maximum absolute atomic E-state index is 12.5. The zero-order valence-electron chi connectivity index (χ0n) is 14.9. The van der Waals surface area contributed by atoms with E-state index >= 15 is 0 Å². The normalized spacial score (nSPS) is 12.4. The van der Waals surface area contributed by atoms with Gasteiger partial charge in [0.15, 0.2) is 0 Å². The third-order valence-electron chi connectivity index (χ3n) is 4.21. The highest BCUT2D eigenvalue weighted by Crippen LogP contribution is 2.17. The highest BCUT2D eigenvalue weighted by Gasteiger charge is 2.21. The van der Waals surface area contributed by atoms with Crippen molar-refractivity contribution in [2.75, 3.05) is 6.54 Å². The molecule has 0 aliphatic heterocycles. The summed E-state index contributed by atoms with van der Waals surface area (Å²) in [4.78, 5) is 4.79. The molecular weight excluding hydrogens is 338 g/mol. The van der Waals surface area contributed by atoms with Gasteiger partial charge in [0.05, 0.1) is 16.7 Å². The summed E-state index contributed by atoms with van der Waals surface area (Å²) in [6.07, 6.45) is 2.10. The van der Waals surface area contributed by atoms with Gasteiger partial charge >= 0.3 is 0 Å². The van der Waals surface area contributed by atoms with Crippen LogP contribution in [0.4, 0.5) is 0 Å². The molecule has 0 atom stereocenters. The van der Waals surface area contributed by atoms with Crippen LogP contribution in [0.2, 0.25) is 0 Å². The summed E-state index contributed by atoms with van der Waals surface area (Å²) in [6.45, 7) is 5.91. The third-order valence-corrected chi connectivity index (χ3v) is 5.77. The van der Waals surface area contributed by atoms with Crippen molar-refractivity contribution in [3.05, 3.63) is 42.0 Å². The van der Waals surface area contributed by atoms with Crippen molar-refractivity contribution >= 4 is 21.1 Å². The molecular formula is C17H23N5O2S. The lowest BCUT2D eigenvalue weighted by Crippen LogP contribution is -2.27. The Morgan fingerprint density at radius 1 is 1.24 bits per heavy atom. The molecule has 0 saturated heterocycles. The summed E-state index contributed by atoms with van der Waals surface area (Å²) >= 11 is 0. The Balaban J connectivity index is 1.73. The average Bonchev–Trinajstić information content (AvgIpc) is 3.10. The van der Waals surface area contributed by atoms with Crippen molar-refractivity contribution in [3.8, 4) is 0 Å². The van der Waals surface area contributed by atoms with E-state index in [9.17, 15) is 8.42 Å². The number of aromatic nitrogens is 4. The molecule has 0 radical (unpaired) electrons. The standard InChI is InChI=1S/C17H23N5O2S/c1-12(2)22-11-16(13(3)20-22)25(23,24)18-10-9-17-19-14-7-5-6-8-15(14)21(17)4/h5-8,11-12,18H,9-10H2,1-4H3. The number of aryl methyl sites for hydroxylation is 2. The van der Waals surface area contributed by atoms with Crippen LogP contribution in [0.3, 0.4) is 0 Å². The number of hydrogen-bond acceptors (Lipinski definition) is 4. The van der Waals surface area contributed by atoms with E-state index in [0.29, 0.717) is 12.1 Å². The van der Waals surface area contributed by atoms with Gasteiger partial charge in [0.25, 0.3) is 0 Å². The van der Waals surface area contributed by atoms with E-state index in [2.05, 4.69) is 14.8 Å². The molecule has 7 nitrogen and oxygen atoms in total. The van der Waals surface area contributed by atoms with Gasteiger partial charge < -0.3 is 4.57 Å². The average molecular weight is 361 g/mol. The number of nitrogens with one attached hydrogen (secondary N) is 1. The number of fused-ring (bicyclic) bond motifs is 1. The molecule has 0 fully saturated rings. The van der Waals surface area contributed by atoms with Crippen LogP contribution in [0, 0.1) is 6.92 Å². The van der Waals surface area contributed by atoms with E-state index < -0.39 is 10.0 Å². The Hall–Kier alpha value is -2.19. The molecule has 0 saturated carbocycles. The molecule has 0 aliphatic carbocycles. The lowest BCUT2D eigenvalue weighted by Gasteiger charge is -2.06. The Kier molecular flexibility index (Phi) is 4.66. The molecule has 0 unspecified atom stereocenters. The van der Waals surface area contributed by atoms with Crippen LogP contribution in [-0.2, 0) is 23.5 Å². The van der Waals surface area contributed by atoms with Crippen molar-refractivity contribution in [2.24, 2.45) is 7.05 Å². The van der Waals surface area contributed by atoms with E-state index in [1.807, 2.05) is 49.7 Å². The number of para-hydroxylation sites is 2. The highest BCUT2D eigenvalue weighted by atomic mass is 32.2. The van der Waals surface area contributed by atoms with E-state index in [1.165, 1.54) is 0 Å². The maximum Gasteiger partial charge on any atom is 0.243 e. The summed E-state index contributed by atoms with van der Waals surface area (Å²) in [7, 11) is -1.65.